The smallest absolute Gasteiger partial charge is 0.323 e. The Hall–Kier alpha value is -1.88. The molecule has 27 heavy (non-hydrogen) atoms. The van der Waals surface area contributed by atoms with E-state index in [-0.39, 0.29) is 23.3 Å². The Morgan fingerprint density at radius 1 is 1.19 bits per heavy atom. The number of carbonyl (C=O) groups is 2. The zero-order valence-corrected chi connectivity index (χ0v) is 17.3. The first-order valence-corrected chi connectivity index (χ1v) is 10.1. The molecule has 0 bridgehead atoms. The van der Waals surface area contributed by atoms with Crippen LogP contribution in [0.25, 0.3) is 0 Å². The minimum absolute atomic E-state index is 0.0466. The molecule has 1 aliphatic heterocycles. The molecule has 1 spiro atoms. The summed E-state index contributed by atoms with van der Waals surface area (Å²) >= 11 is 0. The van der Waals surface area contributed by atoms with Crippen molar-refractivity contribution in [2.75, 3.05) is 13.7 Å². The van der Waals surface area contributed by atoms with Gasteiger partial charge in [-0.05, 0) is 42.3 Å². The summed E-state index contributed by atoms with van der Waals surface area (Å²) in [6, 6.07) is 8.34. The van der Waals surface area contributed by atoms with Gasteiger partial charge in [0, 0.05) is 6.54 Å². The van der Waals surface area contributed by atoms with Crippen LogP contribution < -0.4 is 5.32 Å². The topological polar surface area (TPSA) is 52.7 Å². The predicted molar refractivity (Wildman–Crippen MR) is 107 cm³/mol. The molecular formula is C22H33N3O2. The normalized spacial score (nSPS) is 26.1. The van der Waals surface area contributed by atoms with E-state index in [9.17, 15) is 9.59 Å². The first-order chi connectivity index (χ1) is 12.6. The molecule has 2 aliphatic rings. The number of hydrogen-bond donors (Lipinski definition) is 1. The van der Waals surface area contributed by atoms with Crippen molar-refractivity contribution in [1.82, 2.24) is 15.1 Å². The molecule has 2 fully saturated rings. The van der Waals surface area contributed by atoms with E-state index >= 15 is 0 Å². The molecule has 0 unspecified atom stereocenters. The van der Waals surface area contributed by atoms with Crippen LogP contribution in [0.4, 0.5) is 4.79 Å². The number of rotatable bonds is 4. The van der Waals surface area contributed by atoms with Crippen LogP contribution in [0.15, 0.2) is 24.3 Å². The number of nitrogens with one attached hydrogen (secondary N) is 1. The van der Waals surface area contributed by atoms with Crippen molar-refractivity contribution in [3.8, 4) is 0 Å². The van der Waals surface area contributed by atoms with Crippen molar-refractivity contribution in [2.24, 2.45) is 5.92 Å². The van der Waals surface area contributed by atoms with E-state index in [0.717, 1.165) is 25.7 Å². The van der Waals surface area contributed by atoms with Gasteiger partial charge < -0.3 is 5.32 Å². The molecule has 3 rings (SSSR count). The highest BCUT2D eigenvalue weighted by Gasteiger charge is 2.54. The zero-order valence-electron chi connectivity index (χ0n) is 17.3. The number of benzene rings is 1. The van der Waals surface area contributed by atoms with Crippen LogP contribution in [0.5, 0.6) is 0 Å². The second-order valence-electron chi connectivity index (χ2n) is 9.38. The van der Waals surface area contributed by atoms with Gasteiger partial charge in [-0.1, -0.05) is 64.8 Å². The molecule has 0 aromatic heterocycles. The lowest BCUT2D eigenvalue weighted by Crippen LogP contribution is -2.54. The van der Waals surface area contributed by atoms with Gasteiger partial charge in [-0.25, -0.2) is 9.69 Å². The lowest BCUT2D eigenvalue weighted by atomic mass is 9.73. The molecule has 1 aromatic carbocycles. The molecule has 5 nitrogen and oxygen atoms in total. The molecule has 1 aromatic rings. The summed E-state index contributed by atoms with van der Waals surface area (Å²) in [6.07, 6.45) is 3.89. The van der Waals surface area contributed by atoms with Gasteiger partial charge in [0.15, 0.2) is 0 Å². The average molecular weight is 372 g/mol. The molecule has 3 amide bonds. The Morgan fingerprint density at radius 2 is 1.85 bits per heavy atom. The zero-order chi connectivity index (χ0) is 19.8. The number of amides is 3. The molecule has 1 saturated carbocycles. The van der Waals surface area contributed by atoms with Crippen LogP contribution in [-0.2, 0) is 16.8 Å². The third kappa shape index (κ3) is 3.88. The third-order valence-electron chi connectivity index (χ3n) is 6.16. The molecule has 5 heteroatoms. The second kappa shape index (κ2) is 7.27. The number of urea groups is 1. The number of hydrogen-bond acceptors (Lipinski definition) is 3. The summed E-state index contributed by atoms with van der Waals surface area (Å²) in [5, 5.41) is 3.02. The van der Waals surface area contributed by atoms with Crippen molar-refractivity contribution in [3.05, 3.63) is 35.4 Å². The van der Waals surface area contributed by atoms with E-state index in [4.69, 9.17) is 0 Å². The summed E-state index contributed by atoms with van der Waals surface area (Å²) in [5.74, 6) is 0.151. The van der Waals surface area contributed by atoms with E-state index in [0.29, 0.717) is 13.2 Å². The van der Waals surface area contributed by atoms with E-state index in [2.05, 4.69) is 57.3 Å². The molecule has 1 heterocycles. The van der Waals surface area contributed by atoms with Crippen LogP contribution in [0.2, 0.25) is 0 Å². The molecule has 1 saturated heterocycles. The Bertz CT molecular complexity index is 707. The molecule has 1 N–H and O–H groups in total. The Kier molecular flexibility index (Phi) is 5.35. The fourth-order valence-electron chi connectivity index (χ4n) is 4.34. The van der Waals surface area contributed by atoms with Crippen LogP contribution in [0.1, 0.15) is 64.5 Å². The highest BCUT2D eigenvalue weighted by molar-refractivity contribution is 6.07. The summed E-state index contributed by atoms with van der Waals surface area (Å²) in [5.41, 5.74) is 1.94. The van der Waals surface area contributed by atoms with Crippen LogP contribution in [0.3, 0.4) is 0 Å². The highest BCUT2D eigenvalue weighted by atomic mass is 16.2. The largest absolute Gasteiger partial charge is 0.326 e. The maximum Gasteiger partial charge on any atom is 0.326 e. The summed E-state index contributed by atoms with van der Waals surface area (Å²) in [6.45, 7) is 9.71. The van der Waals surface area contributed by atoms with Crippen molar-refractivity contribution in [1.29, 1.82) is 0 Å². The molecular weight excluding hydrogens is 338 g/mol. The fourth-order valence-corrected chi connectivity index (χ4v) is 4.34. The predicted octanol–water partition coefficient (Wildman–Crippen LogP) is 3.87. The van der Waals surface area contributed by atoms with Crippen LogP contribution in [-0.4, -0.2) is 41.0 Å². The second-order valence-corrected chi connectivity index (χ2v) is 9.38. The minimum Gasteiger partial charge on any atom is -0.323 e. The van der Waals surface area contributed by atoms with Gasteiger partial charge in [-0.2, -0.15) is 0 Å². The van der Waals surface area contributed by atoms with Gasteiger partial charge in [-0.3, -0.25) is 9.69 Å². The lowest BCUT2D eigenvalue weighted by molar-refractivity contribution is -0.135. The first kappa shape index (κ1) is 19.9. The quantitative estimate of drug-likeness (QED) is 0.818. The third-order valence-corrected chi connectivity index (χ3v) is 6.16. The maximum absolute atomic E-state index is 13.1. The van der Waals surface area contributed by atoms with Crippen molar-refractivity contribution < 1.29 is 9.59 Å². The summed E-state index contributed by atoms with van der Waals surface area (Å²) in [7, 11) is 1.95. The van der Waals surface area contributed by atoms with Gasteiger partial charge in [0.05, 0.1) is 6.67 Å². The molecule has 148 valence electrons. The Balaban J connectivity index is 1.64. The van der Waals surface area contributed by atoms with Gasteiger partial charge in [0.1, 0.15) is 5.54 Å². The van der Waals surface area contributed by atoms with E-state index < -0.39 is 5.54 Å². The summed E-state index contributed by atoms with van der Waals surface area (Å²) in [4.78, 5) is 29.0. The van der Waals surface area contributed by atoms with E-state index in [1.807, 2.05) is 11.9 Å². The van der Waals surface area contributed by atoms with Crippen LogP contribution >= 0.6 is 0 Å². The number of imide groups is 1. The standard InChI is InChI=1S/C22H33N3O2/c1-16-8-6-7-13-22(16)19(26)25(20(27)23-22)15-24(5)14-17-9-11-18(12-10-17)21(2,3)4/h9-12,16H,6-8,13-15H2,1-5H3,(H,23,27)/t16-,22-/m0/s1. The SMILES string of the molecule is C[C@H]1CCCC[C@]12NC(=O)N(CN(C)Cc1ccc(C(C)(C)C)cc1)C2=O. The molecule has 0 radical (unpaired) electrons. The van der Waals surface area contributed by atoms with Gasteiger partial charge >= 0.3 is 6.03 Å². The van der Waals surface area contributed by atoms with Gasteiger partial charge in [-0.15, -0.1) is 0 Å². The molecule has 2 atom stereocenters. The maximum atomic E-state index is 13.1. The average Bonchev–Trinajstić information content (AvgIpc) is 2.82. The van der Waals surface area contributed by atoms with Crippen molar-refractivity contribution in [2.45, 2.75) is 70.9 Å². The van der Waals surface area contributed by atoms with Crippen molar-refractivity contribution >= 4 is 11.9 Å². The fraction of sp³-hybridized carbons (Fsp3) is 0.636. The number of carbonyl (C=O) groups excluding carboxylic acids is 2. The Morgan fingerprint density at radius 3 is 2.44 bits per heavy atom. The van der Waals surface area contributed by atoms with E-state index in [1.54, 1.807) is 0 Å². The Labute approximate surface area is 163 Å². The van der Waals surface area contributed by atoms with Crippen LogP contribution in [0, 0.1) is 5.92 Å². The summed E-state index contributed by atoms with van der Waals surface area (Å²) < 4.78 is 0. The van der Waals surface area contributed by atoms with Crippen molar-refractivity contribution in [3.63, 3.8) is 0 Å². The van der Waals surface area contributed by atoms with E-state index in [1.165, 1.54) is 16.0 Å². The lowest BCUT2D eigenvalue weighted by Gasteiger charge is -2.37. The number of nitrogens with zero attached hydrogens (tertiary/aromatic N) is 2. The van der Waals surface area contributed by atoms with Gasteiger partial charge in [0.2, 0.25) is 0 Å². The molecule has 1 aliphatic carbocycles. The minimum atomic E-state index is -0.676. The first-order valence-electron chi connectivity index (χ1n) is 10.1. The highest BCUT2D eigenvalue weighted by Crippen LogP contribution is 2.38. The monoisotopic (exact) mass is 371 g/mol. The van der Waals surface area contributed by atoms with Gasteiger partial charge in [0.25, 0.3) is 5.91 Å².